The zero-order valence-electron chi connectivity index (χ0n) is 10.0. The fourth-order valence-corrected chi connectivity index (χ4v) is 1.98. The van der Waals surface area contributed by atoms with E-state index in [9.17, 15) is 4.79 Å². The second-order valence-corrected chi connectivity index (χ2v) is 4.27. The van der Waals surface area contributed by atoms with Crippen molar-refractivity contribution in [1.29, 1.82) is 0 Å². The molecule has 0 saturated carbocycles. The van der Waals surface area contributed by atoms with Gasteiger partial charge in [-0.25, -0.2) is 0 Å². The minimum absolute atomic E-state index is 0.475. The summed E-state index contributed by atoms with van der Waals surface area (Å²) in [6.07, 6.45) is 1.87. The van der Waals surface area contributed by atoms with Crippen LogP contribution in [0.3, 0.4) is 0 Å². The van der Waals surface area contributed by atoms with Crippen LogP contribution in [0.5, 0.6) is 0 Å². The van der Waals surface area contributed by atoms with E-state index in [2.05, 4.69) is 25.7 Å². The Kier molecular flexibility index (Phi) is 4.81. The molecule has 0 aliphatic rings. The molecule has 0 N–H and O–H groups in total. The Bertz CT molecular complexity index is 365. The average Bonchev–Trinajstić information content (AvgIpc) is 2.30. The molecule has 1 aromatic rings. The number of benzene rings is 1. The Balaban J connectivity index is 3.02. The van der Waals surface area contributed by atoms with Crippen molar-refractivity contribution in [2.75, 3.05) is 11.4 Å². The maximum atomic E-state index is 10.7. The highest BCUT2D eigenvalue weighted by Crippen LogP contribution is 2.24. The molecule has 1 unspecified atom stereocenters. The van der Waals surface area contributed by atoms with Crippen LogP contribution in [0, 0.1) is 0 Å². The molecule has 0 amide bonds. The molecule has 1 atom stereocenters. The van der Waals surface area contributed by atoms with Crippen LogP contribution >= 0.6 is 11.6 Å². The molecule has 0 aliphatic heterocycles. The van der Waals surface area contributed by atoms with Crippen LogP contribution in [-0.4, -0.2) is 18.9 Å². The highest BCUT2D eigenvalue weighted by Gasteiger charge is 2.12. The van der Waals surface area contributed by atoms with Crippen molar-refractivity contribution in [3.63, 3.8) is 0 Å². The summed E-state index contributed by atoms with van der Waals surface area (Å²) in [5.74, 6) is 0. The monoisotopic (exact) mass is 239 g/mol. The van der Waals surface area contributed by atoms with Crippen LogP contribution in [0.1, 0.15) is 37.6 Å². The molecule has 16 heavy (non-hydrogen) atoms. The van der Waals surface area contributed by atoms with Crippen molar-refractivity contribution in [3.8, 4) is 0 Å². The van der Waals surface area contributed by atoms with Gasteiger partial charge in [-0.1, -0.05) is 18.5 Å². The topological polar surface area (TPSA) is 20.3 Å². The molecule has 88 valence electrons. The average molecular weight is 240 g/mol. The fraction of sp³-hybridized carbons (Fsp3) is 0.462. The van der Waals surface area contributed by atoms with Crippen LogP contribution in [0.4, 0.5) is 5.69 Å². The van der Waals surface area contributed by atoms with Gasteiger partial charge in [0.15, 0.2) is 6.29 Å². The smallest absolute Gasteiger partial charge is 0.151 e. The molecular weight excluding hydrogens is 222 g/mol. The van der Waals surface area contributed by atoms with Gasteiger partial charge in [-0.2, -0.15) is 0 Å². The van der Waals surface area contributed by atoms with Gasteiger partial charge in [-0.3, -0.25) is 4.79 Å². The quantitative estimate of drug-likeness (QED) is 0.729. The first kappa shape index (κ1) is 13.0. The van der Waals surface area contributed by atoms with Crippen LogP contribution in [0.25, 0.3) is 0 Å². The minimum atomic E-state index is 0.475. The van der Waals surface area contributed by atoms with E-state index in [0.29, 0.717) is 16.6 Å². The van der Waals surface area contributed by atoms with Gasteiger partial charge in [-0.05, 0) is 38.5 Å². The molecule has 1 aromatic carbocycles. The molecule has 0 aromatic heterocycles. The number of carbonyl (C=O) groups is 1. The Morgan fingerprint density at radius 2 is 2.12 bits per heavy atom. The second kappa shape index (κ2) is 5.90. The van der Waals surface area contributed by atoms with Gasteiger partial charge in [0.25, 0.3) is 0 Å². The molecule has 3 heteroatoms. The first-order valence-corrected chi connectivity index (χ1v) is 6.03. The highest BCUT2D eigenvalue weighted by molar-refractivity contribution is 6.33. The lowest BCUT2D eigenvalue weighted by atomic mass is 10.1. The minimum Gasteiger partial charge on any atom is -0.369 e. The van der Waals surface area contributed by atoms with Crippen LogP contribution < -0.4 is 4.90 Å². The summed E-state index contributed by atoms with van der Waals surface area (Å²) in [5.41, 5.74) is 1.62. The maximum absolute atomic E-state index is 10.7. The van der Waals surface area contributed by atoms with Gasteiger partial charge in [0.1, 0.15) is 0 Å². The normalized spacial score (nSPS) is 12.2. The summed E-state index contributed by atoms with van der Waals surface area (Å²) in [4.78, 5) is 12.9. The van der Waals surface area contributed by atoms with Gasteiger partial charge < -0.3 is 4.90 Å². The molecule has 0 fully saturated rings. The van der Waals surface area contributed by atoms with Crippen LogP contribution in [0.15, 0.2) is 18.2 Å². The summed E-state index contributed by atoms with van der Waals surface area (Å²) in [6.45, 7) is 7.40. The SMILES string of the molecule is CCC(C)N(CC)c1ccc(C=O)c(Cl)c1. The number of hydrogen-bond donors (Lipinski definition) is 0. The van der Waals surface area contributed by atoms with Gasteiger partial charge in [0, 0.05) is 23.8 Å². The molecule has 1 rings (SSSR count). The lowest BCUT2D eigenvalue weighted by molar-refractivity contribution is 0.112. The zero-order chi connectivity index (χ0) is 12.1. The third-order valence-electron chi connectivity index (χ3n) is 2.91. The lowest BCUT2D eigenvalue weighted by Gasteiger charge is -2.29. The number of rotatable bonds is 5. The van der Waals surface area contributed by atoms with Gasteiger partial charge in [0.05, 0.1) is 5.02 Å². The van der Waals surface area contributed by atoms with E-state index in [1.54, 1.807) is 6.07 Å². The van der Waals surface area contributed by atoms with Gasteiger partial charge in [-0.15, -0.1) is 0 Å². The van der Waals surface area contributed by atoms with Gasteiger partial charge >= 0.3 is 0 Å². The lowest BCUT2D eigenvalue weighted by Crippen LogP contribution is -2.32. The number of carbonyl (C=O) groups excluding carboxylic acids is 1. The largest absolute Gasteiger partial charge is 0.369 e. The summed E-state index contributed by atoms with van der Waals surface area (Å²) >= 11 is 6.02. The summed E-state index contributed by atoms with van der Waals surface area (Å²) < 4.78 is 0. The number of nitrogens with zero attached hydrogens (tertiary/aromatic N) is 1. The second-order valence-electron chi connectivity index (χ2n) is 3.87. The first-order valence-electron chi connectivity index (χ1n) is 5.65. The van der Waals surface area contributed by atoms with Crippen molar-refractivity contribution >= 4 is 23.6 Å². The Morgan fingerprint density at radius 3 is 2.56 bits per heavy atom. The van der Waals surface area contributed by atoms with E-state index in [0.717, 1.165) is 24.9 Å². The van der Waals surface area contributed by atoms with Crippen molar-refractivity contribution in [2.45, 2.75) is 33.2 Å². The predicted molar refractivity (Wildman–Crippen MR) is 69.6 cm³/mol. The van der Waals surface area contributed by atoms with E-state index in [-0.39, 0.29) is 0 Å². The third-order valence-corrected chi connectivity index (χ3v) is 3.23. The van der Waals surface area contributed by atoms with Crippen LogP contribution in [0.2, 0.25) is 5.02 Å². The Labute approximate surface area is 102 Å². The molecule has 0 bridgehead atoms. The van der Waals surface area contributed by atoms with Crippen molar-refractivity contribution in [2.24, 2.45) is 0 Å². The Morgan fingerprint density at radius 1 is 1.44 bits per heavy atom. The molecule has 2 nitrogen and oxygen atoms in total. The molecule has 0 heterocycles. The molecule has 0 saturated heterocycles. The third kappa shape index (κ3) is 2.76. The number of anilines is 1. The zero-order valence-corrected chi connectivity index (χ0v) is 10.8. The highest BCUT2D eigenvalue weighted by atomic mass is 35.5. The first-order chi connectivity index (χ1) is 7.63. The number of hydrogen-bond acceptors (Lipinski definition) is 2. The standard InChI is InChI=1S/C13H18ClNO/c1-4-10(3)15(5-2)12-7-6-11(9-16)13(14)8-12/h6-10H,4-5H2,1-3H3. The van der Waals surface area contributed by atoms with Crippen molar-refractivity contribution in [3.05, 3.63) is 28.8 Å². The Hall–Kier alpha value is -1.02. The van der Waals surface area contributed by atoms with Crippen molar-refractivity contribution in [1.82, 2.24) is 0 Å². The van der Waals surface area contributed by atoms with E-state index < -0.39 is 0 Å². The fourth-order valence-electron chi connectivity index (χ4n) is 1.76. The van der Waals surface area contributed by atoms with Crippen LogP contribution in [-0.2, 0) is 0 Å². The molecule has 0 aliphatic carbocycles. The molecule has 0 spiro atoms. The maximum Gasteiger partial charge on any atom is 0.151 e. The number of aldehydes is 1. The number of halogens is 1. The van der Waals surface area contributed by atoms with E-state index >= 15 is 0 Å². The van der Waals surface area contributed by atoms with Gasteiger partial charge in [0.2, 0.25) is 0 Å². The summed E-state index contributed by atoms with van der Waals surface area (Å²) in [6, 6.07) is 6.06. The van der Waals surface area contributed by atoms with E-state index in [1.807, 2.05) is 12.1 Å². The predicted octanol–water partition coefficient (Wildman–Crippen LogP) is 3.78. The summed E-state index contributed by atoms with van der Waals surface area (Å²) in [5, 5.41) is 0.522. The summed E-state index contributed by atoms with van der Waals surface area (Å²) in [7, 11) is 0. The molecular formula is C13H18ClNO. The van der Waals surface area contributed by atoms with E-state index in [1.165, 1.54) is 0 Å². The van der Waals surface area contributed by atoms with E-state index in [4.69, 9.17) is 11.6 Å². The van der Waals surface area contributed by atoms with Crippen molar-refractivity contribution < 1.29 is 4.79 Å². The molecule has 0 radical (unpaired) electrons.